The fourth-order valence-electron chi connectivity index (χ4n) is 3.77. The Kier molecular flexibility index (Phi) is 3.57. The normalized spacial score (nSPS) is 22.5. The van der Waals surface area contributed by atoms with E-state index < -0.39 is 21.5 Å². The molecule has 0 spiro atoms. The number of rotatable bonds is 2. The molecule has 146 valence electrons. The zero-order valence-electron chi connectivity index (χ0n) is 15.0. The summed E-state index contributed by atoms with van der Waals surface area (Å²) >= 11 is 1.65. The third-order valence-electron chi connectivity index (χ3n) is 5.20. The number of ether oxygens (including phenoxy) is 3. The number of fused-ring (bicyclic) bond motifs is 3. The topological polar surface area (TPSA) is 73.9 Å². The average Bonchev–Trinajstić information content (AvgIpc) is 3.42. The largest absolute Gasteiger partial charge is 0.481 e. The molecular weight excluding hydrogens is 410 g/mol. The highest BCUT2D eigenvalue weighted by atomic mass is 32.2. The van der Waals surface area contributed by atoms with Crippen LogP contribution in [0.2, 0.25) is 0 Å². The lowest BCUT2D eigenvalue weighted by molar-refractivity contribution is 0.0484. The first-order valence-electron chi connectivity index (χ1n) is 9.06. The summed E-state index contributed by atoms with van der Waals surface area (Å²) in [6, 6.07) is 18.0. The van der Waals surface area contributed by atoms with Crippen molar-refractivity contribution in [1.29, 1.82) is 0 Å². The van der Waals surface area contributed by atoms with Crippen molar-refractivity contribution in [3.63, 3.8) is 0 Å². The minimum Gasteiger partial charge on any atom is -0.481 e. The van der Waals surface area contributed by atoms with Crippen molar-refractivity contribution in [1.82, 2.24) is 0 Å². The van der Waals surface area contributed by atoms with Crippen LogP contribution < -0.4 is 19.5 Å². The lowest BCUT2D eigenvalue weighted by atomic mass is 10.2. The Morgan fingerprint density at radius 2 is 1.69 bits per heavy atom. The summed E-state index contributed by atoms with van der Waals surface area (Å²) in [5.74, 6) is 2.55. The van der Waals surface area contributed by atoms with Crippen molar-refractivity contribution in [3.05, 3.63) is 71.8 Å². The van der Waals surface area contributed by atoms with Crippen molar-refractivity contribution >= 4 is 27.3 Å². The molecule has 0 radical (unpaired) electrons. The Balaban J connectivity index is 1.30. The molecule has 1 N–H and O–H groups in total. The van der Waals surface area contributed by atoms with Crippen LogP contribution in [0.5, 0.6) is 17.2 Å². The number of thioether (sulfide) groups is 1. The van der Waals surface area contributed by atoms with Crippen molar-refractivity contribution in [2.45, 2.75) is 21.5 Å². The second kappa shape index (κ2) is 6.08. The molecule has 3 aromatic rings. The third-order valence-corrected chi connectivity index (χ3v) is 8.06. The van der Waals surface area contributed by atoms with Gasteiger partial charge >= 0.3 is 0 Å². The van der Waals surface area contributed by atoms with Gasteiger partial charge in [-0.1, -0.05) is 36.0 Å². The summed E-state index contributed by atoms with van der Waals surface area (Å²) in [6.45, 7) is 0. The molecule has 3 aromatic carbocycles. The van der Waals surface area contributed by atoms with Gasteiger partial charge < -0.3 is 19.5 Å². The molecule has 2 atom stereocenters. The Labute approximate surface area is 171 Å². The minimum atomic E-state index is -3.52. The molecule has 0 aliphatic carbocycles. The highest BCUT2D eigenvalue weighted by Gasteiger charge is 2.38. The standard InChI is InChI=1S/C21H15NO5S2/c23-29(24)19-4-2-1-3-14(19)22-20(29)12-5-7-15-16(9-12)27-21(26-15)13-6-8-18-17(10-13)25-11-28-18/h1-10,20-22H,11H2. The average molecular weight is 425 g/mol. The van der Waals surface area contributed by atoms with Crippen LogP contribution in [0, 0.1) is 0 Å². The van der Waals surface area contributed by atoms with Crippen LogP contribution in [0.1, 0.15) is 22.8 Å². The quantitative estimate of drug-likeness (QED) is 0.648. The number of para-hydroxylation sites is 1. The van der Waals surface area contributed by atoms with E-state index in [0.717, 1.165) is 16.2 Å². The smallest absolute Gasteiger partial charge is 0.268 e. The van der Waals surface area contributed by atoms with Crippen LogP contribution in [0.25, 0.3) is 0 Å². The maximum Gasteiger partial charge on any atom is 0.268 e. The lowest BCUT2D eigenvalue weighted by Gasteiger charge is -2.12. The van der Waals surface area contributed by atoms with Crippen LogP contribution in [0.3, 0.4) is 0 Å². The van der Waals surface area contributed by atoms with Crippen LogP contribution >= 0.6 is 11.8 Å². The van der Waals surface area contributed by atoms with Gasteiger partial charge in [-0.15, -0.1) is 0 Å². The second-order valence-corrected chi connectivity index (χ2v) is 9.92. The summed E-state index contributed by atoms with van der Waals surface area (Å²) in [7, 11) is -3.52. The first-order valence-corrected chi connectivity index (χ1v) is 11.6. The van der Waals surface area contributed by atoms with Gasteiger partial charge in [-0.3, -0.25) is 0 Å². The van der Waals surface area contributed by atoms with E-state index in [1.807, 2.05) is 24.3 Å². The zero-order valence-corrected chi connectivity index (χ0v) is 16.6. The van der Waals surface area contributed by atoms with Gasteiger partial charge in [0.1, 0.15) is 11.7 Å². The highest BCUT2D eigenvalue weighted by Crippen LogP contribution is 2.47. The summed E-state index contributed by atoms with van der Waals surface area (Å²) in [5, 5.41) is 2.25. The Bertz CT molecular complexity index is 1260. The van der Waals surface area contributed by atoms with E-state index >= 15 is 0 Å². The molecule has 0 aromatic heterocycles. The van der Waals surface area contributed by atoms with E-state index in [1.165, 1.54) is 0 Å². The molecule has 0 amide bonds. The molecule has 3 aliphatic heterocycles. The summed E-state index contributed by atoms with van der Waals surface area (Å²) in [4.78, 5) is 1.42. The molecule has 0 fully saturated rings. The first kappa shape index (κ1) is 17.1. The summed E-state index contributed by atoms with van der Waals surface area (Å²) < 4.78 is 43.4. The Morgan fingerprint density at radius 3 is 2.59 bits per heavy atom. The molecule has 3 heterocycles. The van der Waals surface area contributed by atoms with E-state index in [2.05, 4.69) is 5.32 Å². The number of anilines is 1. The molecule has 8 heteroatoms. The summed E-state index contributed by atoms with van der Waals surface area (Å²) in [5.41, 5.74) is 2.07. The molecule has 0 saturated heterocycles. The first-order chi connectivity index (χ1) is 14.1. The van der Waals surface area contributed by atoms with E-state index in [4.69, 9.17) is 14.2 Å². The van der Waals surface area contributed by atoms with Gasteiger partial charge in [-0.05, 0) is 42.0 Å². The number of sulfone groups is 1. The van der Waals surface area contributed by atoms with Crippen molar-refractivity contribution in [2.75, 3.05) is 11.3 Å². The monoisotopic (exact) mass is 425 g/mol. The number of hydrogen-bond donors (Lipinski definition) is 1. The predicted octanol–water partition coefficient (Wildman–Crippen LogP) is 4.50. The Morgan fingerprint density at radius 1 is 0.897 bits per heavy atom. The van der Waals surface area contributed by atoms with E-state index in [0.29, 0.717) is 33.6 Å². The maximum absolute atomic E-state index is 12.9. The molecule has 0 bridgehead atoms. The molecule has 3 aliphatic rings. The van der Waals surface area contributed by atoms with E-state index in [-0.39, 0.29) is 0 Å². The molecule has 0 saturated carbocycles. The molecular formula is C21H15NO5S2. The number of hydrogen-bond acceptors (Lipinski definition) is 7. The zero-order chi connectivity index (χ0) is 19.6. The van der Waals surface area contributed by atoms with E-state index in [9.17, 15) is 8.42 Å². The van der Waals surface area contributed by atoms with Crippen molar-refractivity contribution in [2.24, 2.45) is 0 Å². The van der Waals surface area contributed by atoms with Gasteiger partial charge in [-0.25, -0.2) is 8.42 Å². The molecule has 2 unspecified atom stereocenters. The van der Waals surface area contributed by atoms with E-state index in [1.54, 1.807) is 48.2 Å². The fourth-order valence-corrected chi connectivity index (χ4v) is 6.25. The maximum atomic E-state index is 12.9. The van der Waals surface area contributed by atoms with Crippen LogP contribution in [-0.4, -0.2) is 14.4 Å². The van der Waals surface area contributed by atoms with Gasteiger partial charge in [0.15, 0.2) is 16.9 Å². The lowest BCUT2D eigenvalue weighted by Crippen LogP contribution is -2.13. The fraction of sp³-hybridized carbons (Fsp3) is 0.143. The predicted molar refractivity (Wildman–Crippen MR) is 108 cm³/mol. The SMILES string of the molecule is O=S1(=O)c2ccccc2NC1c1ccc2c(c1)OC(c1ccc3c(c1)OCS3)O2. The molecule has 6 rings (SSSR count). The number of benzene rings is 3. The van der Waals surface area contributed by atoms with Gasteiger partial charge in [0.2, 0.25) is 9.84 Å². The van der Waals surface area contributed by atoms with Gasteiger partial charge in [0, 0.05) is 5.56 Å². The highest BCUT2D eigenvalue weighted by molar-refractivity contribution is 7.99. The van der Waals surface area contributed by atoms with Crippen molar-refractivity contribution in [3.8, 4) is 17.2 Å². The summed E-state index contributed by atoms with van der Waals surface area (Å²) in [6.07, 6.45) is -0.593. The second-order valence-electron chi connectivity index (χ2n) is 6.95. The van der Waals surface area contributed by atoms with Crippen LogP contribution in [0.4, 0.5) is 5.69 Å². The number of nitrogens with one attached hydrogen (secondary N) is 1. The molecule has 6 nitrogen and oxygen atoms in total. The van der Waals surface area contributed by atoms with Crippen molar-refractivity contribution < 1.29 is 22.6 Å². The van der Waals surface area contributed by atoms with Crippen LogP contribution in [-0.2, 0) is 9.84 Å². The molecule has 29 heavy (non-hydrogen) atoms. The third kappa shape index (κ3) is 2.59. The van der Waals surface area contributed by atoms with Crippen LogP contribution in [0.15, 0.2) is 70.5 Å². The van der Waals surface area contributed by atoms with Gasteiger partial charge in [0.25, 0.3) is 6.29 Å². The van der Waals surface area contributed by atoms with Gasteiger partial charge in [0.05, 0.1) is 15.5 Å². The Hall–Kier alpha value is -2.84. The van der Waals surface area contributed by atoms with Gasteiger partial charge in [-0.2, -0.15) is 0 Å². The minimum absolute atomic E-state index is 0.316.